The van der Waals surface area contributed by atoms with Gasteiger partial charge in [-0.05, 0) is 18.0 Å². The minimum Gasteiger partial charge on any atom is -0.469 e. The van der Waals surface area contributed by atoms with Gasteiger partial charge in [-0.2, -0.15) is 0 Å². The van der Waals surface area contributed by atoms with Crippen molar-refractivity contribution in [1.29, 1.82) is 0 Å². The zero-order valence-electron chi connectivity index (χ0n) is 13.9. The molecule has 0 saturated carbocycles. The topological polar surface area (TPSA) is 130 Å². The third-order valence-corrected chi connectivity index (χ3v) is 4.06. The summed E-state index contributed by atoms with van der Waals surface area (Å²) in [6.45, 7) is 0. The van der Waals surface area contributed by atoms with Gasteiger partial charge in [-0.3, -0.25) is 14.2 Å². The number of ether oxygens (including phenoxy) is 3. The lowest BCUT2D eigenvalue weighted by Gasteiger charge is -2.17. The number of aromatic nitrogens is 1. The van der Waals surface area contributed by atoms with Gasteiger partial charge in [-0.1, -0.05) is 0 Å². The number of carbonyl (C=O) groups is 3. The summed E-state index contributed by atoms with van der Waals surface area (Å²) in [4.78, 5) is 59.7. The highest BCUT2D eigenvalue weighted by molar-refractivity contribution is 5.96. The molecule has 25 heavy (non-hydrogen) atoms. The maximum Gasteiger partial charge on any atom is 0.340 e. The molecule has 1 unspecified atom stereocenters. The van der Waals surface area contributed by atoms with Crippen molar-refractivity contribution < 1.29 is 28.6 Å². The van der Waals surface area contributed by atoms with Crippen LogP contribution in [0.1, 0.15) is 34.1 Å². The summed E-state index contributed by atoms with van der Waals surface area (Å²) in [6, 6.07) is -0.983. The molecule has 0 radical (unpaired) electrons. The average molecular weight is 352 g/mol. The van der Waals surface area contributed by atoms with Gasteiger partial charge in [0.25, 0.3) is 5.56 Å². The fraction of sp³-hybridized carbons (Fsp3) is 0.467. The lowest BCUT2D eigenvalue weighted by molar-refractivity contribution is -0.144. The number of nitroso groups, excluding NO2 is 1. The molecule has 1 aromatic rings. The summed E-state index contributed by atoms with van der Waals surface area (Å²) >= 11 is 0. The van der Waals surface area contributed by atoms with Gasteiger partial charge in [0.05, 0.1) is 33.3 Å². The summed E-state index contributed by atoms with van der Waals surface area (Å²) in [5.74, 6) is -2.30. The van der Waals surface area contributed by atoms with Gasteiger partial charge in [-0.25, -0.2) is 9.59 Å². The number of rotatable bonds is 5. The number of carbonyl (C=O) groups excluding carboxylic acids is 3. The number of nitrogens with zero attached hydrogens (tertiary/aromatic N) is 2. The number of esters is 3. The van der Waals surface area contributed by atoms with Gasteiger partial charge in [-0.15, -0.1) is 4.91 Å². The van der Waals surface area contributed by atoms with Gasteiger partial charge in [0.1, 0.15) is 6.04 Å². The van der Waals surface area contributed by atoms with E-state index in [1.165, 1.54) is 0 Å². The molecule has 2 rings (SSSR count). The summed E-state index contributed by atoms with van der Waals surface area (Å²) in [5.41, 5.74) is -1.61. The van der Waals surface area contributed by atoms with Crippen LogP contribution in [0.2, 0.25) is 0 Å². The molecule has 1 aromatic heterocycles. The van der Waals surface area contributed by atoms with Gasteiger partial charge in [0.2, 0.25) is 0 Å². The van der Waals surface area contributed by atoms with Gasteiger partial charge in [0, 0.05) is 11.3 Å². The van der Waals surface area contributed by atoms with Crippen LogP contribution in [0.15, 0.2) is 9.97 Å². The number of pyridine rings is 1. The van der Waals surface area contributed by atoms with E-state index in [0.29, 0.717) is 0 Å². The molecule has 2 heterocycles. The number of hydrogen-bond acceptors (Lipinski definition) is 9. The fourth-order valence-corrected chi connectivity index (χ4v) is 2.94. The van der Waals surface area contributed by atoms with E-state index >= 15 is 0 Å². The maximum absolute atomic E-state index is 12.6. The Morgan fingerprint density at radius 3 is 2.36 bits per heavy atom. The van der Waals surface area contributed by atoms with Crippen LogP contribution in [0.4, 0.5) is 5.69 Å². The van der Waals surface area contributed by atoms with Gasteiger partial charge in [0.15, 0.2) is 5.69 Å². The normalized spacial score (nSPS) is 15.2. The van der Waals surface area contributed by atoms with Gasteiger partial charge >= 0.3 is 17.9 Å². The molecule has 1 aliphatic heterocycles. The van der Waals surface area contributed by atoms with Crippen LogP contribution in [0, 0.1) is 4.91 Å². The molecule has 0 N–H and O–H groups in total. The second kappa shape index (κ2) is 7.24. The first kappa shape index (κ1) is 18.3. The monoisotopic (exact) mass is 352 g/mol. The zero-order valence-corrected chi connectivity index (χ0v) is 13.9. The molecule has 0 spiro atoms. The first-order valence-electron chi connectivity index (χ1n) is 7.27. The maximum atomic E-state index is 12.6. The quantitative estimate of drug-likeness (QED) is 0.423. The lowest BCUT2D eigenvalue weighted by atomic mass is 10.0. The third kappa shape index (κ3) is 3.02. The van der Waals surface area contributed by atoms with Crippen molar-refractivity contribution in [2.45, 2.75) is 25.3 Å². The Morgan fingerprint density at radius 1 is 1.16 bits per heavy atom. The van der Waals surface area contributed by atoms with Crippen LogP contribution in [0.25, 0.3) is 0 Å². The molecule has 10 nitrogen and oxygen atoms in total. The Labute approximate surface area is 141 Å². The molecule has 0 saturated heterocycles. The molecule has 0 amide bonds. The molecule has 134 valence electrons. The predicted molar refractivity (Wildman–Crippen MR) is 82.6 cm³/mol. The molecular weight excluding hydrogens is 336 g/mol. The third-order valence-electron chi connectivity index (χ3n) is 4.06. The van der Waals surface area contributed by atoms with Crippen molar-refractivity contribution in [3.63, 3.8) is 0 Å². The van der Waals surface area contributed by atoms with Crippen molar-refractivity contribution >= 4 is 23.6 Å². The standard InChI is InChI=1S/C15H16N2O8/c1-23-10(18)6-7-11(15(21)25-3)8-4-5-9(14(20)24-2)17(8)13(19)12(7)16-22/h9H,4-6H2,1-3H3. The summed E-state index contributed by atoms with van der Waals surface area (Å²) in [5, 5.41) is 2.68. The van der Waals surface area contributed by atoms with Crippen molar-refractivity contribution in [2.75, 3.05) is 21.3 Å². The Hall–Kier alpha value is -3.04. The molecule has 0 fully saturated rings. The number of fused-ring (bicyclic) bond motifs is 1. The van der Waals surface area contributed by atoms with Crippen molar-refractivity contribution in [3.8, 4) is 0 Å². The van der Waals surface area contributed by atoms with Crippen LogP contribution in [0.5, 0.6) is 0 Å². The molecule has 1 aliphatic rings. The minimum atomic E-state index is -0.983. The number of hydrogen-bond donors (Lipinski definition) is 0. The highest BCUT2D eigenvalue weighted by Gasteiger charge is 2.37. The van der Waals surface area contributed by atoms with E-state index in [0.717, 1.165) is 25.9 Å². The highest BCUT2D eigenvalue weighted by atomic mass is 16.5. The molecular formula is C15H16N2O8. The largest absolute Gasteiger partial charge is 0.469 e. The van der Waals surface area contributed by atoms with E-state index < -0.39 is 41.6 Å². The molecule has 0 aromatic carbocycles. The van der Waals surface area contributed by atoms with E-state index in [1.54, 1.807) is 0 Å². The molecule has 0 aliphatic carbocycles. The van der Waals surface area contributed by atoms with Crippen LogP contribution in [-0.4, -0.2) is 43.8 Å². The smallest absolute Gasteiger partial charge is 0.340 e. The molecule has 0 bridgehead atoms. The Morgan fingerprint density at radius 2 is 1.84 bits per heavy atom. The second-order valence-electron chi connectivity index (χ2n) is 5.24. The fourth-order valence-electron chi connectivity index (χ4n) is 2.94. The SMILES string of the molecule is COC(=O)Cc1c(C(=O)OC)c2n(c(=O)c1N=O)C(C(=O)OC)CC2. The van der Waals surface area contributed by atoms with Crippen LogP contribution < -0.4 is 5.56 Å². The highest BCUT2D eigenvalue weighted by Crippen LogP contribution is 2.33. The van der Waals surface area contributed by atoms with Crippen LogP contribution >= 0.6 is 0 Å². The van der Waals surface area contributed by atoms with E-state index in [9.17, 15) is 24.1 Å². The van der Waals surface area contributed by atoms with E-state index in [2.05, 4.69) is 14.7 Å². The average Bonchev–Trinajstić information content (AvgIpc) is 3.05. The van der Waals surface area contributed by atoms with Crippen molar-refractivity contribution in [2.24, 2.45) is 5.18 Å². The lowest BCUT2D eigenvalue weighted by Crippen LogP contribution is -2.31. The first-order valence-corrected chi connectivity index (χ1v) is 7.27. The van der Waals surface area contributed by atoms with E-state index in [-0.39, 0.29) is 29.7 Å². The second-order valence-corrected chi connectivity index (χ2v) is 5.24. The number of methoxy groups -OCH3 is 3. The molecule has 10 heteroatoms. The van der Waals surface area contributed by atoms with E-state index in [4.69, 9.17) is 4.74 Å². The minimum absolute atomic E-state index is 0.131. The van der Waals surface area contributed by atoms with Crippen LogP contribution in [0.3, 0.4) is 0 Å². The summed E-state index contributed by atoms with van der Waals surface area (Å²) < 4.78 is 14.9. The predicted octanol–water partition coefficient (Wildman–Crippen LogP) is 0.409. The Balaban J connectivity index is 2.83. The Kier molecular flexibility index (Phi) is 5.30. The zero-order chi connectivity index (χ0) is 18.7. The van der Waals surface area contributed by atoms with Gasteiger partial charge < -0.3 is 14.2 Å². The van der Waals surface area contributed by atoms with Crippen molar-refractivity contribution in [1.82, 2.24) is 4.57 Å². The first-order chi connectivity index (χ1) is 11.9. The summed E-state index contributed by atoms with van der Waals surface area (Å²) in [7, 11) is 3.41. The molecule has 1 atom stereocenters. The van der Waals surface area contributed by atoms with Crippen molar-refractivity contribution in [3.05, 3.63) is 32.1 Å². The van der Waals surface area contributed by atoms with Crippen LogP contribution in [-0.2, 0) is 36.6 Å². The summed E-state index contributed by atoms with van der Waals surface area (Å²) in [6.07, 6.45) is -0.118. The van der Waals surface area contributed by atoms with E-state index in [1.807, 2.05) is 0 Å². The Bertz CT molecular complexity index is 811.